The van der Waals surface area contributed by atoms with Crippen LogP contribution in [-0.4, -0.2) is 18.4 Å². The molecule has 5 nitrogen and oxygen atoms in total. The van der Waals surface area contributed by atoms with Gasteiger partial charge in [-0.05, 0) is 19.1 Å². The lowest BCUT2D eigenvalue weighted by molar-refractivity contribution is 0.603. The highest BCUT2D eigenvalue weighted by atomic mass is 35.5. The van der Waals surface area contributed by atoms with Crippen LogP contribution in [0.3, 0.4) is 0 Å². The van der Waals surface area contributed by atoms with Gasteiger partial charge in [-0.25, -0.2) is 18.4 Å². The Kier molecular flexibility index (Phi) is 3.76. The van der Waals surface area contributed by atoms with E-state index in [4.69, 9.17) is 23.2 Å². The van der Waals surface area contributed by atoms with Gasteiger partial charge in [0.25, 0.3) is 10.0 Å². The van der Waals surface area contributed by atoms with Crippen LogP contribution in [0.5, 0.6) is 0 Å². The molecule has 0 aliphatic heterocycles. The van der Waals surface area contributed by atoms with E-state index in [0.29, 0.717) is 16.5 Å². The van der Waals surface area contributed by atoms with Gasteiger partial charge in [-0.2, -0.15) is 0 Å². The molecule has 0 radical (unpaired) electrons. The van der Waals surface area contributed by atoms with Crippen LogP contribution >= 0.6 is 34.5 Å². The van der Waals surface area contributed by atoms with Gasteiger partial charge >= 0.3 is 0 Å². The average Bonchev–Trinajstić information content (AvgIpc) is 2.70. The first-order chi connectivity index (χ1) is 8.38. The summed E-state index contributed by atoms with van der Waals surface area (Å²) in [5, 5.41) is 0.302. The Labute approximate surface area is 118 Å². The minimum atomic E-state index is -3.69. The molecule has 0 bridgehead atoms. The van der Waals surface area contributed by atoms with Crippen LogP contribution in [0.2, 0.25) is 9.62 Å². The third kappa shape index (κ3) is 2.92. The molecule has 0 fully saturated rings. The Bertz CT molecular complexity index is 685. The first kappa shape index (κ1) is 13.5. The number of halogens is 2. The molecule has 2 aromatic rings. The van der Waals surface area contributed by atoms with Crippen molar-refractivity contribution in [3.63, 3.8) is 0 Å². The maximum Gasteiger partial charge on any atom is 0.273 e. The summed E-state index contributed by atoms with van der Waals surface area (Å²) in [5.41, 5.74) is 0.852. The number of anilines is 1. The molecule has 9 heteroatoms. The molecule has 2 heterocycles. The molecule has 0 unspecified atom stereocenters. The summed E-state index contributed by atoms with van der Waals surface area (Å²) in [6, 6.07) is 3.05. The van der Waals surface area contributed by atoms with E-state index < -0.39 is 10.0 Å². The fourth-order valence-electron chi connectivity index (χ4n) is 1.20. The van der Waals surface area contributed by atoms with Crippen molar-refractivity contribution in [2.45, 2.75) is 11.1 Å². The van der Waals surface area contributed by atoms with Crippen molar-refractivity contribution in [2.75, 3.05) is 4.72 Å². The Morgan fingerprint density at radius 1 is 1.33 bits per heavy atom. The number of nitrogens with zero attached hydrogens (tertiary/aromatic N) is 2. The molecule has 0 aromatic carbocycles. The Morgan fingerprint density at radius 2 is 2.06 bits per heavy atom. The highest BCUT2D eigenvalue weighted by molar-refractivity contribution is 7.94. The minimum absolute atomic E-state index is 0.0434. The zero-order valence-electron chi connectivity index (χ0n) is 9.02. The van der Waals surface area contributed by atoms with E-state index >= 15 is 0 Å². The van der Waals surface area contributed by atoms with Crippen LogP contribution in [0.25, 0.3) is 0 Å². The van der Waals surface area contributed by atoms with Crippen LogP contribution in [0.15, 0.2) is 22.5 Å². The quantitative estimate of drug-likeness (QED) is 0.881. The Hall–Kier alpha value is -0.890. The average molecular weight is 324 g/mol. The summed E-state index contributed by atoms with van der Waals surface area (Å²) >= 11 is 12.2. The SMILES string of the molecule is Cc1nc(Cl)ccc1NS(=O)(=O)c1cnc(Cl)s1. The number of nitrogens with one attached hydrogen (secondary N) is 1. The van der Waals surface area contributed by atoms with E-state index in [1.165, 1.54) is 12.3 Å². The fraction of sp³-hybridized carbons (Fsp3) is 0.111. The lowest BCUT2D eigenvalue weighted by Crippen LogP contribution is -2.12. The van der Waals surface area contributed by atoms with Gasteiger partial charge in [0.15, 0.2) is 8.68 Å². The lowest BCUT2D eigenvalue weighted by atomic mass is 10.3. The molecule has 0 saturated carbocycles. The molecule has 0 amide bonds. The Morgan fingerprint density at radius 3 is 2.61 bits per heavy atom. The molecule has 96 valence electrons. The van der Waals surface area contributed by atoms with Gasteiger partial charge in [0.05, 0.1) is 17.6 Å². The van der Waals surface area contributed by atoms with Gasteiger partial charge in [-0.3, -0.25) is 4.72 Å². The summed E-state index contributed by atoms with van der Waals surface area (Å²) in [6.07, 6.45) is 1.20. The van der Waals surface area contributed by atoms with Crippen LogP contribution in [-0.2, 0) is 10.0 Å². The van der Waals surface area contributed by atoms with E-state index in [0.717, 1.165) is 11.3 Å². The summed E-state index contributed by atoms with van der Waals surface area (Å²) in [4.78, 5) is 7.65. The lowest BCUT2D eigenvalue weighted by Gasteiger charge is -2.08. The van der Waals surface area contributed by atoms with Gasteiger partial charge in [0, 0.05) is 0 Å². The van der Waals surface area contributed by atoms with Gasteiger partial charge in [-0.1, -0.05) is 34.5 Å². The molecule has 0 saturated heterocycles. The van der Waals surface area contributed by atoms with E-state index in [9.17, 15) is 8.42 Å². The first-order valence-corrected chi connectivity index (χ1v) is 7.71. The van der Waals surface area contributed by atoms with E-state index in [2.05, 4.69) is 14.7 Å². The standard InChI is InChI=1S/C9H7Cl2N3O2S2/c1-5-6(2-3-7(10)13-5)14-18(15,16)8-4-12-9(11)17-8/h2-4,14H,1H3. The molecular formula is C9H7Cl2N3O2S2. The fourth-order valence-corrected chi connectivity index (χ4v) is 3.80. The van der Waals surface area contributed by atoms with Crippen molar-refractivity contribution < 1.29 is 8.42 Å². The zero-order valence-corrected chi connectivity index (χ0v) is 12.2. The number of sulfonamides is 1. The van der Waals surface area contributed by atoms with Crippen molar-refractivity contribution in [3.8, 4) is 0 Å². The number of aromatic nitrogens is 2. The van der Waals surface area contributed by atoms with Crippen LogP contribution in [0.4, 0.5) is 5.69 Å². The van der Waals surface area contributed by atoms with Gasteiger partial charge in [0.2, 0.25) is 0 Å². The van der Waals surface area contributed by atoms with E-state index in [-0.39, 0.29) is 8.68 Å². The van der Waals surface area contributed by atoms with Crippen molar-refractivity contribution in [2.24, 2.45) is 0 Å². The van der Waals surface area contributed by atoms with Gasteiger partial charge in [0.1, 0.15) is 5.15 Å². The molecule has 1 N–H and O–H groups in total. The maximum absolute atomic E-state index is 12.0. The molecule has 0 aliphatic carbocycles. The van der Waals surface area contributed by atoms with Crippen molar-refractivity contribution in [1.82, 2.24) is 9.97 Å². The second-order valence-electron chi connectivity index (χ2n) is 3.30. The van der Waals surface area contributed by atoms with Crippen LogP contribution in [0.1, 0.15) is 5.69 Å². The topological polar surface area (TPSA) is 72.0 Å². The third-order valence-electron chi connectivity index (χ3n) is 2.02. The summed E-state index contributed by atoms with van der Waals surface area (Å²) in [5.74, 6) is 0. The smallest absolute Gasteiger partial charge is 0.273 e. The second kappa shape index (κ2) is 5.00. The minimum Gasteiger partial charge on any atom is -0.277 e. The van der Waals surface area contributed by atoms with Crippen molar-refractivity contribution in [3.05, 3.63) is 33.6 Å². The highest BCUT2D eigenvalue weighted by Gasteiger charge is 2.18. The molecular weight excluding hydrogens is 317 g/mol. The predicted octanol–water partition coefficient (Wildman–Crippen LogP) is 2.95. The zero-order chi connectivity index (χ0) is 13.3. The van der Waals surface area contributed by atoms with Gasteiger partial charge < -0.3 is 0 Å². The van der Waals surface area contributed by atoms with Crippen molar-refractivity contribution in [1.29, 1.82) is 0 Å². The summed E-state index contributed by atoms with van der Waals surface area (Å²) in [6.45, 7) is 1.66. The number of aryl methyl sites for hydroxylation is 1. The molecule has 2 rings (SSSR count). The maximum atomic E-state index is 12.0. The first-order valence-electron chi connectivity index (χ1n) is 4.66. The monoisotopic (exact) mass is 323 g/mol. The normalized spacial score (nSPS) is 11.5. The molecule has 0 atom stereocenters. The largest absolute Gasteiger partial charge is 0.277 e. The van der Waals surface area contributed by atoms with Gasteiger partial charge in [-0.15, -0.1) is 0 Å². The van der Waals surface area contributed by atoms with E-state index in [1.807, 2.05) is 0 Å². The molecule has 0 spiro atoms. The van der Waals surface area contributed by atoms with Crippen molar-refractivity contribution >= 4 is 50.2 Å². The predicted molar refractivity (Wildman–Crippen MR) is 71.9 cm³/mol. The molecule has 2 aromatic heterocycles. The molecule has 18 heavy (non-hydrogen) atoms. The number of thiazole rings is 1. The number of hydrogen-bond acceptors (Lipinski definition) is 5. The Balaban J connectivity index is 2.33. The summed E-state index contributed by atoms with van der Waals surface area (Å²) < 4.78 is 26.6. The number of rotatable bonds is 3. The highest BCUT2D eigenvalue weighted by Crippen LogP contribution is 2.25. The van der Waals surface area contributed by atoms with E-state index in [1.54, 1.807) is 13.0 Å². The second-order valence-corrected chi connectivity index (χ2v) is 7.21. The number of pyridine rings is 1. The number of hydrogen-bond donors (Lipinski definition) is 1. The molecule has 0 aliphatic rings. The third-order valence-corrected chi connectivity index (χ3v) is 5.17. The van der Waals surface area contributed by atoms with Crippen LogP contribution < -0.4 is 4.72 Å². The van der Waals surface area contributed by atoms with Crippen LogP contribution in [0, 0.1) is 6.92 Å². The summed E-state index contributed by atoms with van der Waals surface area (Å²) in [7, 11) is -3.69.